The minimum absolute atomic E-state index is 0.157. The smallest absolute Gasteiger partial charge is 0.205 e. The number of benzene rings is 4. The highest BCUT2D eigenvalue weighted by molar-refractivity contribution is 5.86. The molecule has 36 heavy (non-hydrogen) atoms. The third-order valence-electron chi connectivity index (χ3n) is 5.60. The van der Waals surface area contributed by atoms with Crippen LogP contribution >= 0.6 is 0 Å². The molecule has 0 fully saturated rings. The highest BCUT2D eigenvalue weighted by Gasteiger charge is 2.27. The summed E-state index contributed by atoms with van der Waals surface area (Å²) in [5.41, 5.74) is 3.80. The van der Waals surface area contributed by atoms with E-state index in [4.69, 9.17) is 0 Å². The second kappa shape index (κ2) is 11.0. The fourth-order valence-corrected chi connectivity index (χ4v) is 3.71. The Labute approximate surface area is 208 Å². The Bertz CT molecular complexity index is 1500. The number of hydrogen-bond donors (Lipinski definition) is 0. The molecule has 0 atom stereocenters. The van der Waals surface area contributed by atoms with Crippen LogP contribution in [0.1, 0.15) is 39.8 Å². The molecule has 178 valence electrons. The summed E-state index contributed by atoms with van der Waals surface area (Å²) in [6.07, 6.45) is -1.47. The van der Waals surface area contributed by atoms with Gasteiger partial charge in [0, 0.05) is 22.1 Å². The first-order valence-corrected chi connectivity index (χ1v) is 11.4. The van der Waals surface area contributed by atoms with Gasteiger partial charge in [-0.15, -0.1) is 6.58 Å². The van der Waals surface area contributed by atoms with Crippen LogP contribution in [-0.4, -0.2) is 6.18 Å². The monoisotopic (exact) mass is 482 g/mol. The van der Waals surface area contributed by atoms with E-state index in [0.29, 0.717) is 16.3 Å². The molecule has 4 aromatic rings. The number of aryl methyl sites for hydroxylation is 1. The van der Waals surface area contributed by atoms with E-state index in [9.17, 15) is 13.2 Å². The molecule has 0 radical (unpaired) electrons. The van der Waals surface area contributed by atoms with Gasteiger partial charge >= 0.3 is 6.18 Å². The summed E-state index contributed by atoms with van der Waals surface area (Å²) in [6.45, 7) is 3.74. The van der Waals surface area contributed by atoms with Crippen LogP contribution in [0.3, 0.4) is 0 Å². The first-order chi connectivity index (χ1) is 17.3. The topological polar surface area (TPSA) is 0 Å². The molecule has 0 aliphatic carbocycles. The van der Waals surface area contributed by atoms with E-state index >= 15 is 4.39 Å². The summed E-state index contributed by atoms with van der Waals surface area (Å²) in [5, 5.41) is 1.14. The Kier molecular flexibility index (Phi) is 7.57. The van der Waals surface area contributed by atoms with Crippen LogP contribution in [0.4, 0.5) is 17.6 Å². The molecule has 0 bridgehead atoms. The van der Waals surface area contributed by atoms with Crippen LogP contribution in [0.5, 0.6) is 0 Å². The lowest BCUT2D eigenvalue weighted by atomic mass is 10.0. The summed E-state index contributed by atoms with van der Waals surface area (Å²) in [6, 6.07) is 22.5. The lowest BCUT2D eigenvalue weighted by Gasteiger charge is -2.05. The quantitative estimate of drug-likeness (QED) is 0.157. The predicted octanol–water partition coefficient (Wildman–Crippen LogP) is 8.00. The largest absolute Gasteiger partial charge is 0.393 e. The van der Waals surface area contributed by atoms with E-state index in [2.05, 4.69) is 42.4 Å². The predicted molar refractivity (Wildman–Crippen MR) is 137 cm³/mol. The first kappa shape index (κ1) is 24.8. The Morgan fingerprint density at radius 3 is 1.92 bits per heavy atom. The van der Waals surface area contributed by atoms with E-state index in [1.165, 1.54) is 29.8 Å². The zero-order chi connectivity index (χ0) is 25.5. The Balaban J connectivity index is 1.50. The van der Waals surface area contributed by atoms with Crippen molar-refractivity contribution in [3.8, 4) is 23.7 Å². The van der Waals surface area contributed by atoms with Crippen LogP contribution < -0.4 is 0 Å². The van der Waals surface area contributed by atoms with E-state index < -0.39 is 18.4 Å². The normalized spacial score (nSPS) is 10.8. The summed E-state index contributed by atoms with van der Waals surface area (Å²) in [5.74, 6) is 11.4. The summed E-state index contributed by atoms with van der Waals surface area (Å²) in [7, 11) is 0. The molecular formula is C32H22F4. The minimum atomic E-state index is -4.26. The van der Waals surface area contributed by atoms with Crippen LogP contribution in [0, 0.1) is 29.5 Å². The fourth-order valence-electron chi connectivity index (χ4n) is 3.71. The number of rotatable bonds is 4. The van der Waals surface area contributed by atoms with Crippen molar-refractivity contribution < 1.29 is 17.6 Å². The number of halogens is 4. The average Bonchev–Trinajstić information content (AvgIpc) is 2.86. The van der Waals surface area contributed by atoms with Crippen LogP contribution in [0.2, 0.25) is 0 Å². The number of allylic oxidation sites excluding steroid dienone is 1. The molecule has 4 rings (SSSR count). The van der Waals surface area contributed by atoms with Crippen molar-refractivity contribution in [2.75, 3.05) is 0 Å². The van der Waals surface area contributed by atoms with Gasteiger partial charge in [-0.1, -0.05) is 66.2 Å². The lowest BCUT2D eigenvalue weighted by molar-refractivity contribution is -0.127. The van der Waals surface area contributed by atoms with Crippen LogP contribution in [0.25, 0.3) is 10.8 Å². The Morgan fingerprint density at radius 2 is 1.28 bits per heavy atom. The third-order valence-corrected chi connectivity index (χ3v) is 5.60. The van der Waals surface area contributed by atoms with E-state index in [1.807, 2.05) is 24.3 Å². The highest BCUT2D eigenvalue weighted by atomic mass is 19.4. The van der Waals surface area contributed by atoms with Crippen LogP contribution in [0.15, 0.2) is 91.5 Å². The van der Waals surface area contributed by atoms with E-state index in [0.717, 1.165) is 24.0 Å². The van der Waals surface area contributed by atoms with Crippen molar-refractivity contribution in [1.82, 2.24) is 0 Å². The van der Waals surface area contributed by atoms with Gasteiger partial charge in [-0.3, -0.25) is 0 Å². The Hall–Kier alpha value is -4.28. The molecular weight excluding hydrogens is 460 g/mol. The van der Waals surface area contributed by atoms with Crippen LogP contribution in [-0.2, 0) is 12.8 Å². The van der Waals surface area contributed by atoms with Gasteiger partial charge in [0.05, 0.1) is 12.0 Å². The van der Waals surface area contributed by atoms with Gasteiger partial charge in [-0.05, 0) is 71.8 Å². The molecule has 0 aliphatic rings. The van der Waals surface area contributed by atoms with Gasteiger partial charge in [0.2, 0.25) is 0 Å². The highest BCUT2D eigenvalue weighted by Crippen LogP contribution is 2.23. The molecule has 0 amide bonds. The molecule has 0 unspecified atom stereocenters. The zero-order valence-electron chi connectivity index (χ0n) is 19.4. The standard InChI is InChI=1S/C32H22F4/c1-2-3-4-23-5-7-24(8-6-23)9-12-26-16-20-30-29(21-26)19-18-28(31(30)33)17-15-25-10-13-27(14-11-25)22-32(34,35)36/h2,5-8,10-11,13-14,16,18-21H,1,3-4,22H2. The fraction of sp³-hybridized carbons (Fsp3) is 0.125. The van der Waals surface area contributed by atoms with Gasteiger partial charge in [0.25, 0.3) is 0 Å². The molecule has 4 heteroatoms. The summed E-state index contributed by atoms with van der Waals surface area (Å²) < 4.78 is 52.6. The zero-order valence-corrected chi connectivity index (χ0v) is 19.4. The van der Waals surface area contributed by atoms with Crippen molar-refractivity contribution in [3.05, 3.63) is 131 Å². The van der Waals surface area contributed by atoms with Gasteiger partial charge in [-0.2, -0.15) is 13.2 Å². The molecule has 4 aromatic carbocycles. The van der Waals surface area contributed by atoms with Gasteiger partial charge < -0.3 is 0 Å². The van der Waals surface area contributed by atoms with Gasteiger partial charge in [-0.25, -0.2) is 4.39 Å². The second-order valence-electron chi connectivity index (χ2n) is 8.38. The average molecular weight is 483 g/mol. The second-order valence-corrected chi connectivity index (χ2v) is 8.38. The molecule has 0 nitrogen and oxygen atoms in total. The van der Waals surface area contributed by atoms with Crippen molar-refractivity contribution in [2.24, 2.45) is 0 Å². The molecule has 0 spiro atoms. The summed E-state index contributed by atoms with van der Waals surface area (Å²) in [4.78, 5) is 0. The molecule has 0 saturated carbocycles. The maximum absolute atomic E-state index is 15.1. The minimum Gasteiger partial charge on any atom is -0.205 e. The maximum atomic E-state index is 15.1. The van der Waals surface area contributed by atoms with Crippen molar-refractivity contribution >= 4 is 10.8 Å². The number of hydrogen-bond acceptors (Lipinski definition) is 0. The molecule has 0 aromatic heterocycles. The third kappa shape index (κ3) is 6.65. The van der Waals surface area contributed by atoms with Gasteiger partial charge in [0.15, 0.2) is 0 Å². The van der Waals surface area contributed by atoms with E-state index in [1.54, 1.807) is 24.3 Å². The Morgan fingerprint density at radius 1 is 0.694 bits per heavy atom. The summed E-state index contributed by atoms with van der Waals surface area (Å²) >= 11 is 0. The first-order valence-electron chi connectivity index (χ1n) is 11.4. The number of fused-ring (bicyclic) bond motifs is 1. The van der Waals surface area contributed by atoms with Crippen molar-refractivity contribution in [1.29, 1.82) is 0 Å². The lowest BCUT2D eigenvalue weighted by Crippen LogP contribution is -2.11. The SMILES string of the molecule is C=CCCc1ccc(C#Cc2ccc3c(F)c(C#Cc4ccc(CC(F)(F)F)cc4)ccc3c2)cc1. The molecule has 0 N–H and O–H groups in total. The molecule has 0 saturated heterocycles. The van der Waals surface area contributed by atoms with Crippen molar-refractivity contribution in [2.45, 2.75) is 25.4 Å². The molecule has 0 aliphatic heterocycles. The number of alkyl halides is 3. The van der Waals surface area contributed by atoms with E-state index in [-0.39, 0.29) is 11.1 Å². The van der Waals surface area contributed by atoms with Gasteiger partial charge in [0.1, 0.15) is 5.82 Å². The maximum Gasteiger partial charge on any atom is 0.393 e. The van der Waals surface area contributed by atoms with Crippen molar-refractivity contribution in [3.63, 3.8) is 0 Å². The molecule has 0 heterocycles.